The Morgan fingerprint density at radius 1 is 0.607 bits per heavy atom. The first kappa shape index (κ1) is 18.0. The second-order valence-electron chi connectivity index (χ2n) is 6.70. The number of para-hydroxylation sites is 1. The number of hydrogen-bond donors (Lipinski definition) is 1. The summed E-state index contributed by atoms with van der Waals surface area (Å²) in [5.41, 5.74) is 5.00. The first-order valence-electron chi connectivity index (χ1n) is 9.40. The van der Waals surface area contributed by atoms with Crippen molar-refractivity contribution in [2.24, 2.45) is 0 Å². The molecule has 2 heteroatoms. The van der Waals surface area contributed by atoms with Gasteiger partial charge in [0.25, 0.3) is 0 Å². The minimum atomic E-state index is -0.739. The summed E-state index contributed by atoms with van der Waals surface area (Å²) in [6.45, 7) is 0.470. The predicted octanol–water partition coefficient (Wildman–Crippen LogP) is 6.01. The highest BCUT2D eigenvalue weighted by Gasteiger charge is 2.15. The van der Waals surface area contributed by atoms with E-state index < -0.39 is 6.10 Å². The monoisotopic (exact) mass is 366 g/mol. The van der Waals surface area contributed by atoms with Gasteiger partial charge in [-0.3, -0.25) is 0 Å². The van der Waals surface area contributed by atoms with Gasteiger partial charge < -0.3 is 9.84 Å². The molecule has 0 fully saturated rings. The normalized spacial score (nSPS) is 11.8. The zero-order chi connectivity index (χ0) is 19.2. The lowest BCUT2D eigenvalue weighted by atomic mass is 9.97. The highest BCUT2D eigenvalue weighted by atomic mass is 16.5. The third-order valence-electron chi connectivity index (χ3n) is 4.78. The molecule has 1 unspecified atom stereocenters. The van der Waals surface area contributed by atoms with E-state index in [0.717, 1.165) is 27.8 Å². The topological polar surface area (TPSA) is 29.5 Å². The molecule has 0 aromatic heterocycles. The molecule has 28 heavy (non-hydrogen) atoms. The Morgan fingerprint density at radius 2 is 1.18 bits per heavy atom. The highest BCUT2D eigenvalue weighted by Crippen LogP contribution is 2.31. The first-order valence-corrected chi connectivity index (χ1v) is 9.40. The zero-order valence-corrected chi connectivity index (χ0v) is 15.5. The Labute approximate surface area is 165 Å². The Bertz CT molecular complexity index is 1010. The van der Waals surface area contributed by atoms with Crippen molar-refractivity contribution in [2.45, 2.75) is 12.7 Å². The van der Waals surface area contributed by atoms with E-state index in [1.54, 1.807) is 0 Å². The summed E-state index contributed by atoms with van der Waals surface area (Å²) in [4.78, 5) is 0. The SMILES string of the molecule is OC(c1ccc(-c2ccccc2)cc1)c1ccccc1OCc1ccccc1. The number of hydrogen-bond acceptors (Lipinski definition) is 2. The van der Waals surface area contributed by atoms with Gasteiger partial charge in [-0.15, -0.1) is 0 Å². The van der Waals surface area contributed by atoms with Crippen LogP contribution in [0.1, 0.15) is 22.8 Å². The molecule has 0 aliphatic carbocycles. The molecule has 0 radical (unpaired) electrons. The quantitative estimate of drug-likeness (QED) is 0.452. The highest BCUT2D eigenvalue weighted by molar-refractivity contribution is 5.63. The van der Waals surface area contributed by atoms with Crippen LogP contribution < -0.4 is 4.74 Å². The van der Waals surface area contributed by atoms with Crippen LogP contribution in [0.2, 0.25) is 0 Å². The minimum absolute atomic E-state index is 0.470. The van der Waals surface area contributed by atoms with E-state index in [1.807, 2.05) is 97.1 Å². The maximum atomic E-state index is 11.0. The minimum Gasteiger partial charge on any atom is -0.489 e. The van der Waals surface area contributed by atoms with Gasteiger partial charge in [-0.25, -0.2) is 0 Å². The summed E-state index contributed by atoms with van der Waals surface area (Å²) in [7, 11) is 0. The Morgan fingerprint density at radius 3 is 1.89 bits per heavy atom. The molecule has 4 rings (SSSR count). The van der Waals surface area contributed by atoms with Gasteiger partial charge in [0.1, 0.15) is 18.5 Å². The molecule has 0 bridgehead atoms. The number of rotatable bonds is 6. The zero-order valence-electron chi connectivity index (χ0n) is 15.5. The van der Waals surface area contributed by atoms with Crippen LogP contribution in [0, 0.1) is 0 Å². The van der Waals surface area contributed by atoms with Gasteiger partial charge in [0.05, 0.1) is 0 Å². The summed E-state index contributed by atoms with van der Waals surface area (Å²) >= 11 is 0. The van der Waals surface area contributed by atoms with E-state index in [9.17, 15) is 5.11 Å². The van der Waals surface area contributed by atoms with Gasteiger partial charge in [0.2, 0.25) is 0 Å². The van der Waals surface area contributed by atoms with Crippen molar-refractivity contribution in [2.75, 3.05) is 0 Å². The summed E-state index contributed by atoms with van der Waals surface area (Å²) in [6.07, 6.45) is -0.739. The number of aliphatic hydroxyl groups is 1. The standard InChI is InChI=1S/C26H22O2/c27-26(23-17-15-22(16-18-23)21-11-5-2-6-12-21)24-13-7-8-14-25(24)28-19-20-9-3-1-4-10-20/h1-18,26-27H,19H2. The molecule has 0 saturated heterocycles. The van der Waals surface area contributed by atoms with Crippen LogP contribution in [0.3, 0.4) is 0 Å². The van der Waals surface area contributed by atoms with Crippen molar-refractivity contribution in [1.29, 1.82) is 0 Å². The molecule has 0 aliphatic rings. The summed E-state index contributed by atoms with van der Waals surface area (Å²) < 4.78 is 6.00. The molecule has 4 aromatic rings. The summed E-state index contributed by atoms with van der Waals surface area (Å²) in [5.74, 6) is 0.700. The van der Waals surface area contributed by atoms with E-state index in [1.165, 1.54) is 0 Å². The molecule has 1 N–H and O–H groups in total. The molecule has 0 heterocycles. The first-order chi connectivity index (χ1) is 13.8. The predicted molar refractivity (Wildman–Crippen MR) is 113 cm³/mol. The molecular weight excluding hydrogens is 344 g/mol. The van der Waals surface area contributed by atoms with E-state index >= 15 is 0 Å². The number of benzene rings is 4. The van der Waals surface area contributed by atoms with Gasteiger partial charge >= 0.3 is 0 Å². The molecule has 0 spiro atoms. The Balaban J connectivity index is 1.54. The molecule has 0 saturated carbocycles. The van der Waals surface area contributed by atoms with Crippen LogP contribution in [0.15, 0.2) is 109 Å². The van der Waals surface area contributed by atoms with Crippen molar-refractivity contribution in [1.82, 2.24) is 0 Å². The second-order valence-corrected chi connectivity index (χ2v) is 6.70. The van der Waals surface area contributed by atoms with Crippen molar-refractivity contribution in [3.8, 4) is 16.9 Å². The average Bonchev–Trinajstić information content (AvgIpc) is 2.79. The van der Waals surface area contributed by atoms with Crippen LogP contribution in [0.5, 0.6) is 5.75 Å². The average molecular weight is 366 g/mol. The fourth-order valence-electron chi connectivity index (χ4n) is 3.24. The summed E-state index contributed by atoms with van der Waals surface area (Å²) in [6, 6.07) is 36.0. The molecular formula is C26H22O2. The number of ether oxygens (including phenoxy) is 1. The maximum Gasteiger partial charge on any atom is 0.125 e. The van der Waals surface area contributed by atoms with Gasteiger partial charge in [-0.05, 0) is 28.3 Å². The Kier molecular flexibility index (Phi) is 5.51. The van der Waals surface area contributed by atoms with Crippen molar-refractivity contribution in [3.63, 3.8) is 0 Å². The lowest BCUT2D eigenvalue weighted by Crippen LogP contribution is -2.04. The van der Waals surface area contributed by atoms with Crippen LogP contribution >= 0.6 is 0 Å². The molecule has 2 nitrogen and oxygen atoms in total. The Hall–Kier alpha value is -3.36. The van der Waals surface area contributed by atoms with Crippen LogP contribution in [-0.4, -0.2) is 5.11 Å². The van der Waals surface area contributed by atoms with Crippen molar-refractivity contribution in [3.05, 3.63) is 126 Å². The molecule has 4 aromatic carbocycles. The van der Waals surface area contributed by atoms with Crippen LogP contribution in [0.25, 0.3) is 11.1 Å². The summed E-state index contributed by atoms with van der Waals surface area (Å²) in [5, 5.41) is 11.0. The van der Waals surface area contributed by atoms with E-state index in [-0.39, 0.29) is 0 Å². The lowest BCUT2D eigenvalue weighted by Gasteiger charge is -2.17. The largest absolute Gasteiger partial charge is 0.489 e. The molecule has 1 atom stereocenters. The van der Waals surface area contributed by atoms with Crippen molar-refractivity contribution >= 4 is 0 Å². The third-order valence-corrected chi connectivity index (χ3v) is 4.78. The van der Waals surface area contributed by atoms with Gasteiger partial charge in [-0.1, -0.05) is 103 Å². The van der Waals surface area contributed by atoms with E-state index in [0.29, 0.717) is 12.4 Å². The maximum absolute atomic E-state index is 11.0. The van der Waals surface area contributed by atoms with Gasteiger partial charge in [-0.2, -0.15) is 0 Å². The van der Waals surface area contributed by atoms with E-state index in [2.05, 4.69) is 12.1 Å². The van der Waals surface area contributed by atoms with Crippen molar-refractivity contribution < 1.29 is 9.84 Å². The lowest BCUT2D eigenvalue weighted by molar-refractivity contribution is 0.209. The third kappa shape index (κ3) is 4.13. The fraction of sp³-hybridized carbons (Fsp3) is 0.0769. The number of aliphatic hydroxyl groups excluding tert-OH is 1. The molecule has 138 valence electrons. The van der Waals surface area contributed by atoms with Crippen LogP contribution in [0.4, 0.5) is 0 Å². The van der Waals surface area contributed by atoms with Gasteiger partial charge in [0.15, 0.2) is 0 Å². The second kappa shape index (κ2) is 8.55. The smallest absolute Gasteiger partial charge is 0.125 e. The fourth-order valence-corrected chi connectivity index (χ4v) is 3.24. The molecule has 0 aliphatic heterocycles. The van der Waals surface area contributed by atoms with E-state index in [4.69, 9.17) is 4.74 Å². The molecule has 0 amide bonds. The van der Waals surface area contributed by atoms with Gasteiger partial charge in [0, 0.05) is 5.56 Å². The van der Waals surface area contributed by atoms with Crippen LogP contribution in [-0.2, 0) is 6.61 Å².